The average molecular weight is 376 g/mol. The van der Waals surface area contributed by atoms with E-state index >= 15 is 0 Å². The van der Waals surface area contributed by atoms with Crippen molar-refractivity contribution in [3.63, 3.8) is 0 Å². The van der Waals surface area contributed by atoms with Crippen LogP contribution in [0.25, 0.3) is 17.3 Å². The Kier molecular flexibility index (Phi) is 4.65. The van der Waals surface area contributed by atoms with Crippen molar-refractivity contribution in [2.75, 3.05) is 7.11 Å². The van der Waals surface area contributed by atoms with E-state index in [1.54, 1.807) is 7.11 Å². The highest BCUT2D eigenvalue weighted by Gasteiger charge is 2.37. The topological polar surface area (TPSA) is 101 Å². The highest BCUT2D eigenvalue weighted by molar-refractivity contribution is 5.58. The van der Waals surface area contributed by atoms with Gasteiger partial charge < -0.3 is 9.72 Å². The van der Waals surface area contributed by atoms with Gasteiger partial charge in [-0.3, -0.25) is 9.78 Å². The zero-order valence-electron chi connectivity index (χ0n) is 15.6. The van der Waals surface area contributed by atoms with Gasteiger partial charge in [0, 0.05) is 6.20 Å². The number of ether oxygens (including phenoxy) is 1. The molecular formula is C21H20N4O3. The molecule has 0 amide bonds. The van der Waals surface area contributed by atoms with Crippen molar-refractivity contribution in [2.24, 2.45) is 5.92 Å². The van der Waals surface area contributed by atoms with E-state index in [9.17, 15) is 9.59 Å². The summed E-state index contributed by atoms with van der Waals surface area (Å²) in [7, 11) is 1.65. The van der Waals surface area contributed by atoms with Crippen LogP contribution in [0.5, 0.6) is 5.75 Å². The number of rotatable bonds is 5. The van der Waals surface area contributed by atoms with Crippen LogP contribution in [0.4, 0.5) is 0 Å². The molecule has 1 saturated carbocycles. The summed E-state index contributed by atoms with van der Waals surface area (Å²) in [5.41, 5.74) is 2.81. The molecule has 0 aliphatic heterocycles. The largest absolute Gasteiger partial charge is 0.497 e. The first-order chi connectivity index (χ1) is 13.5. The van der Waals surface area contributed by atoms with Gasteiger partial charge in [0.25, 0.3) is 5.56 Å². The Bertz CT molecular complexity index is 1150. The predicted octanol–water partition coefficient (Wildman–Crippen LogP) is 2.65. The van der Waals surface area contributed by atoms with Crippen molar-refractivity contribution in [3.05, 3.63) is 80.3 Å². The van der Waals surface area contributed by atoms with E-state index in [2.05, 4.69) is 32.3 Å². The normalized spacial score (nSPS) is 18.4. The van der Waals surface area contributed by atoms with Gasteiger partial charge in [0.15, 0.2) is 0 Å². The summed E-state index contributed by atoms with van der Waals surface area (Å²) < 4.78 is 5.18. The molecule has 2 aromatic heterocycles. The smallest absolute Gasteiger partial charge is 0.325 e. The molecule has 7 nitrogen and oxygen atoms in total. The first-order valence-electron chi connectivity index (χ1n) is 9.04. The van der Waals surface area contributed by atoms with Crippen LogP contribution in [0.15, 0.2) is 52.2 Å². The number of nitrogens with zero attached hydrogens (tertiary/aromatic N) is 2. The lowest BCUT2D eigenvalue weighted by Gasteiger charge is -2.06. The molecule has 1 aliphatic carbocycles. The number of allylic oxidation sites excluding steroid dienone is 1. The Morgan fingerprint density at radius 1 is 1.18 bits per heavy atom. The fraction of sp³-hybridized carbons (Fsp3) is 0.238. The molecule has 2 atom stereocenters. The van der Waals surface area contributed by atoms with E-state index in [4.69, 9.17) is 4.74 Å². The van der Waals surface area contributed by atoms with Crippen LogP contribution in [-0.4, -0.2) is 27.3 Å². The first-order valence-corrected chi connectivity index (χ1v) is 9.04. The van der Waals surface area contributed by atoms with Gasteiger partial charge in [-0.2, -0.15) is 5.10 Å². The second-order valence-corrected chi connectivity index (χ2v) is 6.89. The maximum Gasteiger partial charge on any atom is 0.325 e. The van der Waals surface area contributed by atoms with Crippen LogP contribution < -0.4 is 16.0 Å². The van der Waals surface area contributed by atoms with Crippen LogP contribution in [-0.2, 0) is 0 Å². The second kappa shape index (κ2) is 7.26. The number of H-pyrrole nitrogens is 2. The minimum absolute atomic E-state index is 0.305. The maximum atomic E-state index is 12.0. The summed E-state index contributed by atoms with van der Waals surface area (Å²) in [6.07, 6.45) is 6.72. The van der Waals surface area contributed by atoms with Gasteiger partial charge in [-0.05, 0) is 54.5 Å². The van der Waals surface area contributed by atoms with E-state index in [1.165, 1.54) is 6.20 Å². The van der Waals surface area contributed by atoms with Crippen molar-refractivity contribution in [1.29, 1.82) is 0 Å². The van der Waals surface area contributed by atoms with E-state index in [0.29, 0.717) is 23.1 Å². The minimum atomic E-state index is -0.542. The Morgan fingerprint density at radius 3 is 2.68 bits per heavy atom. The fourth-order valence-corrected chi connectivity index (χ4v) is 3.31. The number of benzene rings is 1. The second-order valence-electron chi connectivity index (χ2n) is 6.89. The van der Waals surface area contributed by atoms with Gasteiger partial charge in [-0.1, -0.05) is 24.3 Å². The molecule has 3 aromatic rings. The number of hydrogen-bond acceptors (Lipinski definition) is 5. The van der Waals surface area contributed by atoms with Crippen LogP contribution >= 0.6 is 0 Å². The lowest BCUT2D eigenvalue weighted by atomic mass is 10.1. The first kappa shape index (κ1) is 17.9. The van der Waals surface area contributed by atoms with Crippen molar-refractivity contribution in [2.45, 2.75) is 19.3 Å². The molecule has 1 fully saturated rings. The highest BCUT2D eigenvalue weighted by atomic mass is 16.5. The predicted molar refractivity (Wildman–Crippen MR) is 106 cm³/mol. The molecule has 0 bridgehead atoms. The molecule has 0 spiro atoms. The summed E-state index contributed by atoms with van der Waals surface area (Å²) in [5.74, 6) is 1.61. The zero-order valence-corrected chi connectivity index (χ0v) is 15.6. The van der Waals surface area contributed by atoms with Gasteiger partial charge in [-0.25, -0.2) is 4.79 Å². The monoisotopic (exact) mass is 376 g/mol. The van der Waals surface area contributed by atoms with Crippen molar-refractivity contribution >= 4 is 6.08 Å². The molecule has 1 unspecified atom stereocenters. The standard InChI is InChI=1S/C21H20N4O3/c1-12-16(10-19(25-24-12)18-11-22-21(27)23-20(18)26)17-9-14(17)6-3-13-4-7-15(28-2)8-5-13/h3-8,10-11,14,17H,9H2,1-2H3,(H2,22,23,26,27)/b6-3+/t14?,17-/m0/s1. The van der Waals surface area contributed by atoms with Crippen molar-refractivity contribution < 1.29 is 4.74 Å². The molecule has 0 saturated heterocycles. The molecular weight excluding hydrogens is 356 g/mol. The Hall–Kier alpha value is -3.48. The molecule has 0 radical (unpaired) electrons. The lowest BCUT2D eigenvalue weighted by Crippen LogP contribution is -2.23. The summed E-state index contributed by atoms with van der Waals surface area (Å²) in [6.45, 7) is 1.92. The number of hydrogen-bond donors (Lipinski definition) is 2. The quantitative estimate of drug-likeness (QED) is 0.713. The van der Waals surface area contributed by atoms with Gasteiger partial charge in [0.1, 0.15) is 11.4 Å². The molecule has 1 aliphatic rings. The number of aryl methyl sites for hydroxylation is 1. The lowest BCUT2D eigenvalue weighted by molar-refractivity contribution is 0.415. The van der Waals surface area contributed by atoms with E-state index < -0.39 is 11.2 Å². The molecule has 4 rings (SSSR count). The Morgan fingerprint density at radius 2 is 1.96 bits per heavy atom. The Balaban J connectivity index is 1.54. The minimum Gasteiger partial charge on any atom is -0.497 e. The van der Waals surface area contributed by atoms with Crippen molar-refractivity contribution in [3.8, 4) is 17.0 Å². The third-order valence-electron chi connectivity index (χ3n) is 5.00. The van der Waals surface area contributed by atoms with Gasteiger partial charge in [-0.15, -0.1) is 5.10 Å². The molecule has 1 aromatic carbocycles. The van der Waals surface area contributed by atoms with Crippen LogP contribution in [0.2, 0.25) is 0 Å². The maximum absolute atomic E-state index is 12.0. The highest BCUT2D eigenvalue weighted by Crippen LogP contribution is 2.49. The third-order valence-corrected chi connectivity index (χ3v) is 5.00. The summed E-state index contributed by atoms with van der Waals surface area (Å²) >= 11 is 0. The van der Waals surface area contributed by atoms with Crippen LogP contribution in [0.3, 0.4) is 0 Å². The number of aromatic amines is 2. The van der Waals surface area contributed by atoms with E-state index in [1.807, 2.05) is 37.3 Å². The Labute approximate surface area is 161 Å². The summed E-state index contributed by atoms with van der Waals surface area (Å²) in [4.78, 5) is 27.9. The number of methoxy groups -OCH3 is 1. The van der Waals surface area contributed by atoms with Crippen LogP contribution in [0.1, 0.15) is 29.2 Å². The molecule has 2 heterocycles. The molecule has 142 valence electrons. The van der Waals surface area contributed by atoms with Crippen LogP contribution in [0, 0.1) is 12.8 Å². The van der Waals surface area contributed by atoms with Gasteiger partial charge in [0.05, 0.1) is 18.4 Å². The summed E-state index contributed by atoms with van der Waals surface area (Å²) in [5, 5.41) is 8.34. The number of aromatic nitrogens is 4. The van der Waals surface area contributed by atoms with E-state index in [-0.39, 0.29) is 0 Å². The zero-order chi connectivity index (χ0) is 19.7. The van der Waals surface area contributed by atoms with Gasteiger partial charge in [0.2, 0.25) is 0 Å². The van der Waals surface area contributed by atoms with Gasteiger partial charge >= 0.3 is 5.69 Å². The number of nitrogens with one attached hydrogen (secondary N) is 2. The third kappa shape index (κ3) is 3.64. The SMILES string of the molecule is COc1ccc(/C=C/C2C[C@@H]2c2cc(-c3c[nH]c(=O)[nH]c3=O)nnc2C)cc1. The fourth-order valence-electron chi connectivity index (χ4n) is 3.31. The molecule has 2 N–H and O–H groups in total. The van der Waals surface area contributed by atoms with Crippen molar-refractivity contribution in [1.82, 2.24) is 20.2 Å². The van der Waals surface area contributed by atoms with E-state index in [0.717, 1.165) is 29.0 Å². The summed E-state index contributed by atoms with van der Waals surface area (Å²) in [6, 6.07) is 9.82. The average Bonchev–Trinajstić information content (AvgIpc) is 3.47. The molecule has 28 heavy (non-hydrogen) atoms. The molecule has 7 heteroatoms.